The van der Waals surface area contributed by atoms with Crippen molar-refractivity contribution >= 4 is 40.9 Å². The largest absolute Gasteiger partial charge is 0.315 e. The first-order chi connectivity index (χ1) is 13.8. The van der Waals surface area contributed by atoms with E-state index in [9.17, 15) is 14.9 Å². The number of nitriles is 1. The smallest absolute Gasteiger partial charge is 0.295 e. The van der Waals surface area contributed by atoms with Crippen LogP contribution in [0.4, 0.5) is 5.69 Å². The summed E-state index contributed by atoms with van der Waals surface area (Å²) < 4.78 is 3.08. The van der Waals surface area contributed by atoms with E-state index in [0.717, 1.165) is 0 Å². The zero-order valence-electron chi connectivity index (χ0n) is 15.6. The lowest BCUT2D eigenvalue weighted by atomic mass is 10.1. The van der Waals surface area contributed by atoms with Crippen molar-refractivity contribution in [3.63, 3.8) is 0 Å². The third-order valence-electron chi connectivity index (χ3n) is 4.42. The summed E-state index contributed by atoms with van der Waals surface area (Å²) in [5.41, 5.74) is 1.19. The molecule has 1 amide bonds. The Balaban J connectivity index is 1.97. The molecular weight excluding hydrogens is 411 g/mol. The highest BCUT2D eigenvalue weighted by atomic mass is 35.5. The maximum atomic E-state index is 12.9. The molecule has 6 nitrogen and oxygen atoms in total. The fourth-order valence-corrected chi connectivity index (χ4v) is 3.28. The van der Waals surface area contributed by atoms with Crippen molar-refractivity contribution in [3.8, 4) is 11.8 Å². The molecule has 3 aromatic rings. The van der Waals surface area contributed by atoms with Crippen molar-refractivity contribution in [3.05, 3.63) is 85.8 Å². The molecule has 0 aliphatic rings. The average Bonchev–Trinajstić information content (AvgIpc) is 2.91. The molecule has 1 heterocycles. The van der Waals surface area contributed by atoms with Crippen LogP contribution >= 0.6 is 23.2 Å². The number of carbonyl (C=O) groups excluding carboxylic acids is 1. The summed E-state index contributed by atoms with van der Waals surface area (Å²) in [6, 6.07) is 15.6. The van der Waals surface area contributed by atoms with Crippen LogP contribution in [0.2, 0.25) is 10.0 Å². The highest BCUT2D eigenvalue weighted by Crippen LogP contribution is 2.23. The number of nitrogens with zero attached hydrogens (tertiary/aromatic N) is 3. The number of halogens is 2. The van der Waals surface area contributed by atoms with E-state index in [-0.39, 0.29) is 11.3 Å². The van der Waals surface area contributed by atoms with Crippen molar-refractivity contribution in [1.82, 2.24) is 9.36 Å². The van der Waals surface area contributed by atoms with Gasteiger partial charge in [-0.25, -0.2) is 4.68 Å². The van der Waals surface area contributed by atoms with E-state index in [1.54, 1.807) is 42.9 Å². The lowest BCUT2D eigenvalue weighted by Crippen LogP contribution is -2.23. The van der Waals surface area contributed by atoms with Gasteiger partial charge in [0.15, 0.2) is 0 Å². The summed E-state index contributed by atoms with van der Waals surface area (Å²) >= 11 is 12.0. The van der Waals surface area contributed by atoms with Gasteiger partial charge in [-0.15, -0.1) is 0 Å². The zero-order chi connectivity index (χ0) is 21.1. The topological polar surface area (TPSA) is 79.8 Å². The van der Waals surface area contributed by atoms with Crippen LogP contribution in [0.1, 0.15) is 11.3 Å². The molecule has 1 aromatic heterocycles. The molecule has 0 radical (unpaired) electrons. The molecule has 29 heavy (non-hydrogen) atoms. The third kappa shape index (κ3) is 4.11. The van der Waals surface area contributed by atoms with Gasteiger partial charge in [0, 0.05) is 17.1 Å². The Labute approximate surface area is 177 Å². The van der Waals surface area contributed by atoms with Crippen LogP contribution in [-0.4, -0.2) is 15.3 Å². The van der Waals surface area contributed by atoms with Gasteiger partial charge >= 0.3 is 0 Å². The first-order valence-electron chi connectivity index (χ1n) is 8.55. The lowest BCUT2D eigenvalue weighted by Gasteiger charge is -2.07. The van der Waals surface area contributed by atoms with Crippen LogP contribution in [0.3, 0.4) is 0 Å². The number of carbonyl (C=O) groups is 1. The van der Waals surface area contributed by atoms with Crippen LogP contribution in [0.25, 0.3) is 11.8 Å². The Kier molecular flexibility index (Phi) is 5.92. The van der Waals surface area contributed by atoms with Crippen molar-refractivity contribution in [2.24, 2.45) is 7.05 Å². The molecule has 0 aliphatic heterocycles. The van der Waals surface area contributed by atoms with Crippen molar-refractivity contribution in [2.45, 2.75) is 6.92 Å². The lowest BCUT2D eigenvalue weighted by molar-refractivity contribution is -0.112. The maximum absolute atomic E-state index is 12.9. The summed E-state index contributed by atoms with van der Waals surface area (Å²) in [5, 5.41) is 12.7. The number of para-hydroxylation sites is 1. The van der Waals surface area contributed by atoms with E-state index in [1.807, 2.05) is 24.3 Å². The Hall–Kier alpha value is -3.27. The Bertz CT molecular complexity index is 1220. The molecular formula is C21H16Cl2N4O2. The van der Waals surface area contributed by atoms with E-state index in [1.165, 1.54) is 16.8 Å². The van der Waals surface area contributed by atoms with Crippen LogP contribution in [0.5, 0.6) is 0 Å². The van der Waals surface area contributed by atoms with Gasteiger partial charge in [-0.3, -0.25) is 14.3 Å². The molecule has 8 heteroatoms. The van der Waals surface area contributed by atoms with E-state index >= 15 is 0 Å². The Morgan fingerprint density at radius 3 is 2.48 bits per heavy atom. The molecule has 0 unspecified atom stereocenters. The normalized spacial score (nSPS) is 11.2. The van der Waals surface area contributed by atoms with E-state index in [0.29, 0.717) is 27.0 Å². The summed E-state index contributed by atoms with van der Waals surface area (Å²) in [7, 11) is 1.72. The minimum Gasteiger partial charge on any atom is -0.315 e. The van der Waals surface area contributed by atoms with Crippen molar-refractivity contribution in [2.75, 3.05) is 5.32 Å². The molecule has 146 valence electrons. The highest BCUT2D eigenvalue weighted by Gasteiger charge is 2.20. The third-order valence-corrected chi connectivity index (χ3v) is 4.98. The second kappa shape index (κ2) is 8.39. The van der Waals surface area contributed by atoms with Gasteiger partial charge in [0.25, 0.3) is 11.5 Å². The zero-order valence-corrected chi connectivity index (χ0v) is 17.1. The predicted octanol–water partition coefficient (Wildman–Crippen LogP) is 4.34. The standard InChI is InChI=1S/C21H16Cl2N4O2/c1-13-19(21(29)27(26(13)2)17-6-4-3-5-7-17)25-20(28)15(12-24)10-14-8-9-16(22)11-18(14)23/h3-11H,1-2H3,(H,25,28). The molecule has 1 N–H and O–H groups in total. The second-order valence-electron chi connectivity index (χ2n) is 6.23. The SMILES string of the molecule is Cc1c(NC(=O)C(C#N)=Cc2ccc(Cl)cc2Cl)c(=O)n(-c2ccccc2)n1C. The summed E-state index contributed by atoms with van der Waals surface area (Å²) in [4.78, 5) is 25.6. The Morgan fingerprint density at radius 1 is 1.17 bits per heavy atom. The molecule has 0 saturated heterocycles. The molecule has 2 aromatic carbocycles. The molecule has 0 aliphatic carbocycles. The van der Waals surface area contributed by atoms with Crippen LogP contribution < -0.4 is 10.9 Å². The monoisotopic (exact) mass is 426 g/mol. The summed E-state index contributed by atoms with van der Waals surface area (Å²) in [6.07, 6.45) is 1.35. The highest BCUT2D eigenvalue weighted by molar-refractivity contribution is 6.35. The molecule has 0 atom stereocenters. The van der Waals surface area contributed by atoms with E-state index in [2.05, 4.69) is 5.32 Å². The number of amides is 1. The quantitative estimate of drug-likeness (QED) is 0.497. The van der Waals surface area contributed by atoms with Gasteiger partial charge in [-0.05, 0) is 42.8 Å². The van der Waals surface area contributed by atoms with E-state index in [4.69, 9.17) is 23.2 Å². The number of nitrogens with one attached hydrogen (secondary N) is 1. The first kappa shape index (κ1) is 20.5. The number of benzene rings is 2. The fraction of sp³-hybridized carbons (Fsp3) is 0.0952. The number of hydrogen-bond donors (Lipinski definition) is 1. The number of aromatic nitrogens is 2. The van der Waals surface area contributed by atoms with Crippen LogP contribution in [0.15, 0.2) is 58.9 Å². The number of anilines is 1. The molecule has 0 bridgehead atoms. The van der Waals surface area contributed by atoms with E-state index < -0.39 is 11.5 Å². The van der Waals surface area contributed by atoms with Crippen molar-refractivity contribution in [1.29, 1.82) is 5.26 Å². The van der Waals surface area contributed by atoms with Gasteiger partial charge in [0.2, 0.25) is 0 Å². The summed E-state index contributed by atoms with van der Waals surface area (Å²) in [5.74, 6) is -0.704. The number of rotatable bonds is 4. The molecule has 0 spiro atoms. The van der Waals surface area contributed by atoms with Gasteiger partial charge in [-0.2, -0.15) is 5.26 Å². The van der Waals surface area contributed by atoms with Crippen LogP contribution in [-0.2, 0) is 11.8 Å². The predicted molar refractivity (Wildman–Crippen MR) is 114 cm³/mol. The first-order valence-corrected chi connectivity index (χ1v) is 9.31. The second-order valence-corrected chi connectivity index (χ2v) is 7.07. The molecule has 0 fully saturated rings. The van der Waals surface area contributed by atoms with Gasteiger partial charge < -0.3 is 5.32 Å². The molecule has 0 saturated carbocycles. The summed E-state index contributed by atoms with van der Waals surface area (Å²) in [6.45, 7) is 1.71. The maximum Gasteiger partial charge on any atom is 0.295 e. The van der Waals surface area contributed by atoms with Gasteiger partial charge in [0.1, 0.15) is 17.3 Å². The van der Waals surface area contributed by atoms with Gasteiger partial charge in [0.05, 0.1) is 11.4 Å². The average molecular weight is 427 g/mol. The minimum atomic E-state index is -0.704. The Morgan fingerprint density at radius 2 is 1.86 bits per heavy atom. The molecule has 3 rings (SSSR count). The minimum absolute atomic E-state index is 0.102. The van der Waals surface area contributed by atoms with Crippen molar-refractivity contribution < 1.29 is 4.79 Å². The fourth-order valence-electron chi connectivity index (χ4n) is 2.82. The number of hydrogen-bond acceptors (Lipinski definition) is 3. The van der Waals surface area contributed by atoms with Gasteiger partial charge in [-0.1, -0.05) is 47.5 Å². The van der Waals surface area contributed by atoms with Crippen LogP contribution in [0, 0.1) is 18.3 Å².